The van der Waals surface area contributed by atoms with E-state index in [2.05, 4.69) is 5.32 Å². The lowest BCUT2D eigenvalue weighted by molar-refractivity contribution is -0.131. The highest BCUT2D eigenvalue weighted by Crippen LogP contribution is 2.19. The Labute approximate surface area is 100 Å². The molecule has 0 unspecified atom stereocenters. The van der Waals surface area contributed by atoms with Crippen LogP contribution < -0.4 is 5.32 Å². The second-order valence-electron chi connectivity index (χ2n) is 3.79. The van der Waals surface area contributed by atoms with E-state index in [0.717, 1.165) is 24.5 Å². The van der Waals surface area contributed by atoms with Gasteiger partial charge < -0.3 is 15.2 Å². The van der Waals surface area contributed by atoms with E-state index in [1.54, 1.807) is 13.0 Å². The average Bonchev–Trinajstić information content (AvgIpc) is 2.27. The van der Waals surface area contributed by atoms with Crippen molar-refractivity contribution in [2.45, 2.75) is 32.2 Å². The Kier molecular flexibility index (Phi) is 5.26. The number of carboxylic acids is 1. The summed E-state index contributed by atoms with van der Waals surface area (Å²) in [5, 5.41) is 11.3. The van der Waals surface area contributed by atoms with Crippen LogP contribution in [0.5, 0.6) is 0 Å². The Hall–Kier alpha value is -1.78. The number of nitrogens with one attached hydrogen (secondary N) is 1. The molecule has 1 amide bonds. The topological polar surface area (TPSA) is 75.6 Å². The monoisotopic (exact) mass is 239 g/mol. The van der Waals surface area contributed by atoms with Gasteiger partial charge in [0.1, 0.15) is 0 Å². The molecule has 1 atom stereocenters. The second kappa shape index (κ2) is 6.73. The van der Waals surface area contributed by atoms with E-state index in [0.29, 0.717) is 13.0 Å². The molecule has 17 heavy (non-hydrogen) atoms. The summed E-state index contributed by atoms with van der Waals surface area (Å²) in [6, 6.07) is 0.0208. The lowest BCUT2D eigenvalue weighted by atomic mass is 9.94. The number of aliphatic carboxylic acids is 1. The molecule has 5 heteroatoms. The van der Waals surface area contributed by atoms with Gasteiger partial charge >= 0.3 is 12.1 Å². The van der Waals surface area contributed by atoms with Gasteiger partial charge in [-0.05, 0) is 31.8 Å². The minimum atomic E-state index is -0.966. The van der Waals surface area contributed by atoms with Gasteiger partial charge in [-0.1, -0.05) is 12.2 Å². The van der Waals surface area contributed by atoms with Crippen LogP contribution >= 0.6 is 0 Å². The fourth-order valence-corrected chi connectivity index (χ4v) is 1.72. The van der Waals surface area contributed by atoms with Crippen LogP contribution in [0.3, 0.4) is 0 Å². The van der Waals surface area contributed by atoms with Crippen LogP contribution in [-0.2, 0) is 9.53 Å². The fourth-order valence-electron chi connectivity index (χ4n) is 1.72. The van der Waals surface area contributed by atoms with Gasteiger partial charge in [-0.2, -0.15) is 0 Å². The summed E-state index contributed by atoms with van der Waals surface area (Å²) in [6.45, 7) is 2.10. The SMILES string of the molecule is CCOC(=O)N[C@H]1CCC=C(/C=C/C(=O)O)C1. The number of carbonyl (C=O) groups is 2. The second-order valence-corrected chi connectivity index (χ2v) is 3.79. The Morgan fingerprint density at radius 1 is 1.65 bits per heavy atom. The molecule has 5 nitrogen and oxygen atoms in total. The predicted octanol–water partition coefficient (Wildman–Crippen LogP) is 1.85. The van der Waals surface area contributed by atoms with Crippen LogP contribution in [0.2, 0.25) is 0 Å². The third kappa shape index (κ3) is 5.19. The Bertz CT molecular complexity index is 346. The van der Waals surface area contributed by atoms with Crippen molar-refractivity contribution in [3.8, 4) is 0 Å². The fraction of sp³-hybridized carbons (Fsp3) is 0.500. The van der Waals surface area contributed by atoms with Crippen LogP contribution in [0, 0.1) is 0 Å². The standard InChI is InChI=1S/C12H17NO4/c1-2-17-12(16)13-10-5-3-4-9(8-10)6-7-11(14)15/h4,6-7,10H,2-3,5,8H2,1H3,(H,13,16)(H,14,15)/b7-6+/t10-/m0/s1. The number of rotatable bonds is 4. The van der Waals surface area contributed by atoms with Crippen molar-refractivity contribution in [3.63, 3.8) is 0 Å². The van der Waals surface area contributed by atoms with Crippen LogP contribution in [0.4, 0.5) is 4.79 Å². The molecule has 0 fully saturated rings. The highest BCUT2D eigenvalue weighted by Gasteiger charge is 2.16. The zero-order chi connectivity index (χ0) is 12.7. The van der Waals surface area contributed by atoms with Crippen molar-refractivity contribution in [3.05, 3.63) is 23.8 Å². The highest BCUT2D eigenvalue weighted by atomic mass is 16.5. The molecule has 0 aromatic carbocycles. The first kappa shape index (κ1) is 13.3. The first-order valence-corrected chi connectivity index (χ1v) is 5.65. The van der Waals surface area contributed by atoms with Crippen molar-refractivity contribution in [2.24, 2.45) is 0 Å². The molecule has 0 radical (unpaired) electrons. The molecule has 0 bridgehead atoms. The van der Waals surface area contributed by atoms with Gasteiger partial charge in [0.25, 0.3) is 0 Å². The zero-order valence-corrected chi connectivity index (χ0v) is 9.81. The average molecular weight is 239 g/mol. The number of carboxylic acid groups (broad SMARTS) is 1. The zero-order valence-electron chi connectivity index (χ0n) is 9.81. The van der Waals surface area contributed by atoms with Gasteiger partial charge in [0.2, 0.25) is 0 Å². The molecule has 0 heterocycles. The van der Waals surface area contributed by atoms with Crippen molar-refractivity contribution >= 4 is 12.1 Å². The molecule has 1 aliphatic carbocycles. The van der Waals surface area contributed by atoms with E-state index in [1.807, 2.05) is 6.08 Å². The van der Waals surface area contributed by atoms with Crippen LogP contribution in [0.25, 0.3) is 0 Å². The molecule has 0 saturated heterocycles. The Balaban J connectivity index is 2.45. The van der Waals surface area contributed by atoms with Crippen LogP contribution in [0.1, 0.15) is 26.2 Å². The molecule has 0 aromatic heterocycles. The van der Waals surface area contributed by atoms with Gasteiger partial charge in [0.05, 0.1) is 6.61 Å². The quantitative estimate of drug-likeness (QED) is 0.734. The summed E-state index contributed by atoms with van der Waals surface area (Å²) in [5.74, 6) is -0.966. The van der Waals surface area contributed by atoms with E-state index < -0.39 is 12.1 Å². The van der Waals surface area contributed by atoms with Crippen LogP contribution in [0.15, 0.2) is 23.8 Å². The summed E-state index contributed by atoms with van der Waals surface area (Å²) >= 11 is 0. The smallest absolute Gasteiger partial charge is 0.407 e. The van der Waals surface area contributed by atoms with Crippen LogP contribution in [-0.4, -0.2) is 29.8 Å². The number of alkyl carbamates (subject to hydrolysis) is 1. The molecule has 0 aliphatic heterocycles. The lowest BCUT2D eigenvalue weighted by Crippen LogP contribution is -2.36. The molecule has 2 N–H and O–H groups in total. The minimum absolute atomic E-state index is 0.0208. The molecular weight excluding hydrogens is 222 g/mol. The number of hydrogen-bond donors (Lipinski definition) is 2. The van der Waals surface area contributed by atoms with Gasteiger partial charge in [-0.25, -0.2) is 9.59 Å². The summed E-state index contributed by atoms with van der Waals surface area (Å²) in [5.41, 5.74) is 0.931. The van der Waals surface area contributed by atoms with Gasteiger partial charge in [-0.3, -0.25) is 0 Å². The van der Waals surface area contributed by atoms with Crippen molar-refractivity contribution < 1.29 is 19.4 Å². The number of carbonyl (C=O) groups excluding carboxylic acids is 1. The maximum absolute atomic E-state index is 11.2. The predicted molar refractivity (Wildman–Crippen MR) is 62.7 cm³/mol. The molecule has 0 spiro atoms. The molecule has 1 rings (SSSR count). The maximum Gasteiger partial charge on any atom is 0.407 e. The first-order valence-electron chi connectivity index (χ1n) is 5.65. The summed E-state index contributed by atoms with van der Waals surface area (Å²) in [6.07, 6.45) is 6.58. The third-order valence-corrected chi connectivity index (χ3v) is 2.44. The van der Waals surface area contributed by atoms with Crippen molar-refractivity contribution in [1.82, 2.24) is 5.32 Å². The number of amides is 1. The van der Waals surface area contributed by atoms with E-state index in [1.165, 1.54) is 0 Å². The first-order chi connectivity index (χ1) is 8.11. The maximum atomic E-state index is 11.2. The molecule has 94 valence electrons. The number of allylic oxidation sites excluding steroid dienone is 2. The Morgan fingerprint density at radius 2 is 2.41 bits per heavy atom. The van der Waals surface area contributed by atoms with Gasteiger partial charge in [0.15, 0.2) is 0 Å². The largest absolute Gasteiger partial charge is 0.478 e. The van der Waals surface area contributed by atoms with E-state index >= 15 is 0 Å². The summed E-state index contributed by atoms with van der Waals surface area (Å²) in [7, 11) is 0. The molecule has 0 aromatic rings. The molecule has 0 saturated carbocycles. The minimum Gasteiger partial charge on any atom is -0.478 e. The van der Waals surface area contributed by atoms with Crippen molar-refractivity contribution in [2.75, 3.05) is 6.61 Å². The number of ether oxygens (including phenoxy) is 1. The number of hydrogen-bond acceptors (Lipinski definition) is 3. The summed E-state index contributed by atoms with van der Waals surface area (Å²) in [4.78, 5) is 21.6. The van der Waals surface area contributed by atoms with E-state index in [9.17, 15) is 9.59 Å². The van der Waals surface area contributed by atoms with Gasteiger partial charge in [0, 0.05) is 12.1 Å². The normalized spacial score (nSPS) is 19.8. The highest BCUT2D eigenvalue weighted by molar-refractivity contribution is 5.80. The Morgan fingerprint density at radius 3 is 3.06 bits per heavy atom. The third-order valence-electron chi connectivity index (χ3n) is 2.44. The van der Waals surface area contributed by atoms with Gasteiger partial charge in [-0.15, -0.1) is 0 Å². The lowest BCUT2D eigenvalue weighted by Gasteiger charge is -2.22. The molecular formula is C12H17NO4. The van der Waals surface area contributed by atoms with Crippen molar-refractivity contribution in [1.29, 1.82) is 0 Å². The van der Waals surface area contributed by atoms with E-state index in [-0.39, 0.29) is 6.04 Å². The molecule has 1 aliphatic rings. The van der Waals surface area contributed by atoms with E-state index in [4.69, 9.17) is 9.84 Å². The summed E-state index contributed by atoms with van der Waals surface area (Å²) < 4.78 is 4.80.